The maximum atomic E-state index is 12.4. The molecule has 10 nitrogen and oxygen atoms in total. The van der Waals surface area contributed by atoms with E-state index in [-0.39, 0.29) is 41.8 Å². The van der Waals surface area contributed by atoms with Crippen LogP contribution >= 0.6 is 0 Å². The molecule has 0 unspecified atom stereocenters. The molecule has 6 rings (SSSR count). The predicted octanol–water partition coefficient (Wildman–Crippen LogP) is 0.399. The monoisotopic (exact) mass is 552 g/mol. The number of carbonyl (C=O) groups is 1. The summed E-state index contributed by atoms with van der Waals surface area (Å²) in [5.41, 5.74) is -0.966. The molecule has 0 aromatic carbocycles. The Morgan fingerprint density at radius 1 is 0.974 bits per heavy atom. The highest BCUT2D eigenvalue weighted by molar-refractivity contribution is 5.85. The fourth-order valence-electron chi connectivity index (χ4n) is 9.84. The predicted molar refractivity (Wildman–Crippen MR) is 136 cm³/mol. The van der Waals surface area contributed by atoms with E-state index in [0.717, 1.165) is 37.7 Å². The average Bonchev–Trinajstić information content (AvgIpc) is 3.46. The van der Waals surface area contributed by atoms with Crippen LogP contribution in [0.3, 0.4) is 0 Å². The summed E-state index contributed by atoms with van der Waals surface area (Å²) >= 11 is 0. The van der Waals surface area contributed by atoms with Gasteiger partial charge in [-0.25, -0.2) is 4.79 Å². The van der Waals surface area contributed by atoms with Gasteiger partial charge < -0.3 is 44.8 Å². The number of ether oxygens (including phenoxy) is 3. The third-order valence-electron chi connectivity index (χ3n) is 12.2. The summed E-state index contributed by atoms with van der Waals surface area (Å²) in [6.07, 6.45) is 0.134. The summed E-state index contributed by atoms with van der Waals surface area (Å²) in [5.74, 6) is 0.0646. The lowest BCUT2D eigenvalue weighted by molar-refractivity contribution is -0.317. The molecule has 0 radical (unpaired) electrons. The van der Waals surface area contributed by atoms with Gasteiger partial charge in [-0.15, -0.1) is 0 Å². The third kappa shape index (κ3) is 4.00. The maximum Gasteiger partial charge on any atom is 0.331 e. The average molecular weight is 553 g/mol. The van der Waals surface area contributed by atoms with Gasteiger partial charge in [0.15, 0.2) is 6.29 Å². The molecule has 4 aliphatic carbocycles. The molecule has 14 atom stereocenters. The number of aliphatic hydroxyl groups is 6. The van der Waals surface area contributed by atoms with E-state index in [1.54, 1.807) is 6.08 Å². The molecule has 1 saturated heterocycles. The van der Waals surface area contributed by atoms with Crippen molar-refractivity contribution in [1.29, 1.82) is 0 Å². The van der Waals surface area contributed by atoms with Gasteiger partial charge in [0.05, 0.1) is 24.4 Å². The summed E-state index contributed by atoms with van der Waals surface area (Å²) in [4.78, 5) is 11.8. The molecule has 6 aliphatic rings. The molecule has 10 heteroatoms. The molecule has 2 heterocycles. The maximum absolute atomic E-state index is 12.4. The van der Waals surface area contributed by atoms with E-state index < -0.39 is 54.4 Å². The quantitative estimate of drug-likeness (QED) is 0.212. The van der Waals surface area contributed by atoms with Crippen LogP contribution in [0.1, 0.15) is 65.2 Å². The van der Waals surface area contributed by atoms with Gasteiger partial charge in [-0.2, -0.15) is 0 Å². The molecule has 2 aliphatic heterocycles. The van der Waals surface area contributed by atoms with Crippen LogP contribution in [0.25, 0.3) is 0 Å². The van der Waals surface area contributed by atoms with Crippen LogP contribution in [-0.2, 0) is 19.0 Å². The number of carbonyl (C=O) groups excluding carboxylic acids is 1. The van der Waals surface area contributed by atoms with Gasteiger partial charge in [0, 0.05) is 11.5 Å². The van der Waals surface area contributed by atoms with Gasteiger partial charge >= 0.3 is 5.97 Å². The van der Waals surface area contributed by atoms with Gasteiger partial charge in [0.1, 0.15) is 31.0 Å². The fourth-order valence-corrected chi connectivity index (χ4v) is 9.84. The SMILES string of the molecule is C[C@]12CC[C@H](O[C@@H]3O[C@H](CO)[C@@H](O)[C@H](O)[C@H]3O)C[C@H]1CC[C@@H]1[C@@H]2C[C@@H](O)[C@]2(C)[C@@H](C3=CC(=O)OC3)CC[C@]12O. The van der Waals surface area contributed by atoms with Crippen molar-refractivity contribution >= 4 is 5.97 Å². The molecule has 0 amide bonds. The third-order valence-corrected chi connectivity index (χ3v) is 12.2. The molecule has 39 heavy (non-hydrogen) atoms. The van der Waals surface area contributed by atoms with Crippen LogP contribution in [0.5, 0.6) is 0 Å². The van der Waals surface area contributed by atoms with Crippen molar-refractivity contribution in [3.8, 4) is 0 Å². The van der Waals surface area contributed by atoms with Crippen LogP contribution < -0.4 is 0 Å². The van der Waals surface area contributed by atoms with Crippen molar-refractivity contribution in [3.63, 3.8) is 0 Å². The van der Waals surface area contributed by atoms with E-state index in [4.69, 9.17) is 14.2 Å². The Bertz CT molecular complexity index is 1000. The Morgan fingerprint density at radius 2 is 1.74 bits per heavy atom. The van der Waals surface area contributed by atoms with Crippen molar-refractivity contribution < 1.29 is 49.6 Å². The lowest BCUT2D eigenvalue weighted by atomic mass is 9.42. The van der Waals surface area contributed by atoms with Gasteiger partial charge in [0.25, 0.3) is 0 Å². The number of esters is 1. The Morgan fingerprint density at radius 3 is 2.44 bits per heavy atom. The lowest BCUT2D eigenvalue weighted by Gasteiger charge is -2.65. The molecule has 4 saturated carbocycles. The molecule has 0 aromatic heterocycles. The smallest absolute Gasteiger partial charge is 0.331 e. The summed E-state index contributed by atoms with van der Waals surface area (Å²) < 4.78 is 16.9. The molecule has 220 valence electrons. The Balaban J connectivity index is 1.18. The zero-order valence-corrected chi connectivity index (χ0v) is 22.8. The molecule has 0 aromatic rings. The van der Waals surface area contributed by atoms with Gasteiger partial charge in [-0.3, -0.25) is 0 Å². The molecule has 6 N–H and O–H groups in total. The van der Waals surface area contributed by atoms with E-state index in [1.807, 2.05) is 6.92 Å². The fraction of sp³-hybridized carbons (Fsp3) is 0.897. The Hall–Kier alpha value is -1.11. The zero-order chi connectivity index (χ0) is 27.9. The van der Waals surface area contributed by atoms with Gasteiger partial charge in [-0.05, 0) is 86.0 Å². The van der Waals surface area contributed by atoms with Gasteiger partial charge in [-0.1, -0.05) is 13.8 Å². The zero-order valence-electron chi connectivity index (χ0n) is 22.8. The summed E-state index contributed by atoms with van der Waals surface area (Å²) in [6, 6.07) is 0. The highest BCUT2D eigenvalue weighted by Gasteiger charge is 2.70. The van der Waals surface area contributed by atoms with Crippen molar-refractivity contribution in [2.45, 2.75) is 114 Å². The van der Waals surface area contributed by atoms with E-state index in [0.29, 0.717) is 25.2 Å². The standard InChI is InChI=1S/C29H44O10/c1-27-7-5-16(38-26-25(35)24(34)23(33)20(12-30)39-26)10-15(27)3-4-18-19(27)11-21(31)28(2)17(6-8-29(18,28)36)14-9-22(32)37-13-14/h9,15-21,23-26,30-31,33-36H,3-8,10-13H2,1-2H3/t15-,16+,17-,18-,19+,20-,21-,23-,24+,25-,26-,27+,28+,29+/m1/s1. The second-order valence-electron chi connectivity index (χ2n) is 13.6. The summed E-state index contributed by atoms with van der Waals surface area (Å²) in [5, 5.41) is 64.3. The summed E-state index contributed by atoms with van der Waals surface area (Å²) in [6.45, 7) is 4.04. The first-order chi connectivity index (χ1) is 18.4. The normalized spacial score (nSPS) is 55.3. The number of rotatable bonds is 4. The number of cyclic esters (lactones) is 1. The van der Waals surface area contributed by atoms with Crippen LogP contribution in [0.15, 0.2) is 11.6 Å². The first kappa shape index (κ1) is 28.0. The second kappa shape index (κ2) is 9.73. The van der Waals surface area contributed by atoms with Crippen LogP contribution in [0, 0.1) is 34.5 Å². The van der Waals surface area contributed by atoms with E-state index >= 15 is 0 Å². The number of aliphatic hydroxyl groups excluding tert-OH is 5. The number of fused-ring (bicyclic) bond motifs is 5. The molecular weight excluding hydrogens is 508 g/mol. The molecular formula is C29H44O10. The Labute approximate surface area is 229 Å². The van der Waals surface area contributed by atoms with Crippen molar-refractivity contribution in [3.05, 3.63) is 11.6 Å². The van der Waals surface area contributed by atoms with Crippen LogP contribution in [0.4, 0.5) is 0 Å². The largest absolute Gasteiger partial charge is 0.458 e. The molecule has 0 spiro atoms. The molecule has 0 bridgehead atoms. The topological polar surface area (TPSA) is 166 Å². The van der Waals surface area contributed by atoms with E-state index in [1.165, 1.54) is 0 Å². The number of hydrogen-bond donors (Lipinski definition) is 6. The van der Waals surface area contributed by atoms with Gasteiger partial charge in [0.2, 0.25) is 0 Å². The first-order valence-corrected chi connectivity index (χ1v) is 14.7. The van der Waals surface area contributed by atoms with Crippen molar-refractivity contribution in [2.24, 2.45) is 34.5 Å². The van der Waals surface area contributed by atoms with E-state index in [9.17, 15) is 35.4 Å². The minimum absolute atomic E-state index is 0.0543. The summed E-state index contributed by atoms with van der Waals surface area (Å²) in [7, 11) is 0. The minimum Gasteiger partial charge on any atom is -0.458 e. The highest BCUT2D eigenvalue weighted by atomic mass is 16.7. The first-order valence-electron chi connectivity index (χ1n) is 14.7. The van der Waals surface area contributed by atoms with Crippen molar-refractivity contribution in [1.82, 2.24) is 0 Å². The molecule has 5 fully saturated rings. The van der Waals surface area contributed by atoms with Crippen LogP contribution in [0.2, 0.25) is 0 Å². The minimum atomic E-state index is -1.47. The van der Waals surface area contributed by atoms with E-state index in [2.05, 4.69) is 6.92 Å². The second-order valence-corrected chi connectivity index (χ2v) is 13.6. The lowest BCUT2D eigenvalue weighted by Crippen LogP contribution is -2.67. The highest BCUT2D eigenvalue weighted by Crippen LogP contribution is 2.70. The van der Waals surface area contributed by atoms with Crippen molar-refractivity contribution in [2.75, 3.05) is 13.2 Å². The van der Waals surface area contributed by atoms with Crippen LogP contribution in [-0.4, -0.2) is 98.3 Å². The number of hydrogen-bond acceptors (Lipinski definition) is 10. The Kier molecular flexibility index (Phi) is 6.99.